The normalized spacial score (nSPS) is 32.3. The van der Waals surface area contributed by atoms with Crippen molar-refractivity contribution in [2.45, 2.75) is 54.4 Å². The van der Waals surface area contributed by atoms with E-state index < -0.39 is 38.7 Å². The largest absolute Gasteiger partial charge is 0.484 e. The summed E-state index contributed by atoms with van der Waals surface area (Å²) in [7, 11) is -3.19. The zero-order valence-corrected chi connectivity index (χ0v) is 13.7. The van der Waals surface area contributed by atoms with Crippen molar-refractivity contribution in [1.29, 1.82) is 0 Å². The van der Waals surface area contributed by atoms with Gasteiger partial charge in [-0.2, -0.15) is 13.2 Å². The summed E-state index contributed by atoms with van der Waals surface area (Å²) in [6.45, 7) is -1.38. The first kappa shape index (κ1) is 17.5. The van der Waals surface area contributed by atoms with Gasteiger partial charge in [-0.05, 0) is 43.4 Å². The fourth-order valence-corrected chi connectivity index (χ4v) is 6.26. The molecule has 8 heteroatoms. The van der Waals surface area contributed by atoms with Crippen LogP contribution in [-0.4, -0.2) is 36.8 Å². The second kappa shape index (κ2) is 5.91. The summed E-state index contributed by atoms with van der Waals surface area (Å²) < 4.78 is 65.7. The summed E-state index contributed by atoms with van der Waals surface area (Å²) in [5, 5.41) is 9.85. The smallest absolute Gasteiger partial charge is 0.422 e. The van der Waals surface area contributed by atoms with Crippen LogP contribution in [0.4, 0.5) is 13.2 Å². The molecular formula is C16H19F3O4S. The lowest BCUT2D eigenvalue weighted by molar-refractivity contribution is -0.153. The summed E-state index contributed by atoms with van der Waals surface area (Å²) in [5.74, 6) is 0.0586. The van der Waals surface area contributed by atoms with Gasteiger partial charge in [0.05, 0.1) is 16.1 Å². The molecule has 2 bridgehead atoms. The molecule has 2 atom stereocenters. The van der Waals surface area contributed by atoms with Crippen molar-refractivity contribution < 1.29 is 31.4 Å². The van der Waals surface area contributed by atoms with E-state index in [0.717, 1.165) is 6.42 Å². The molecule has 2 aliphatic rings. The van der Waals surface area contributed by atoms with Crippen LogP contribution in [0.2, 0.25) is 0 Å². The molecule has 1 aromatic carbocycles. The van der Waals surface area contributed by atoms with Crippen molar-refractivity contribution in [3.05, 3.63) is 29.8 Å². The third kappa shape index (κ3) is 3.39. The molecule has 0 radical (unpaired) electrons. The Labute approximate surface area is 138 Å². The molecule has 1 N–H and O–H groups in total. The Hall–Kier alpha value is -1.28. The van der Waals surface area contributed by atoms with E-state index in [-0.39, 0.29) is 18.6 Å². The molecule has 0 spiro atoms. The minimum absolute atomic E-state index is 0.0586. The Bertz CT molecular complexity index is 677. The number of sulfone groups is 1. The predicted molar refractivity (Wildman–Crippen MR) is 81.5 cm³/mol. The topological polar surface area (TPSA) is 63.6 Å². The highest BCUT2D eigenvalue weighted by Crippen LogP contribution is 2.46. The molecule has 0 aromatic heterocycles. The van der Waals surface area contributed by atoms with E-state index in [1.54, 1.807) is 0 Å². The van der Waals surface area contributed by atoms with Crippen molar-refractivity contribution in [3.8, 4) is 5.75 Å². The number of fused-ring (bicyclic) bond motifs is 2. The standard InChI is InChI=1S/C16H19F3O4S/c17-16(18,19)10-23-12-6-4-11(5-7-12)15(20)8-13-2-1-3-14(9-15)24(13,21)22/h4-7,13-14,20H,1-3,8-10H2. The van der Waals surface area contributed by atoms with Crippen LogP contribution in [0.25, 0.3) is 0 Å². The second-order valence-electron chi connectivity index (χ2n) is 6.63. The third-order valence-corrected chi connectivity index (χ3v) is 7.57. The van der Waals surface area contributed by atoms with E-state index in [9.17, 15) is 26.7 Å². The van der Waals surface area contributed by atoms with Crippen LogP contribution in [-0.2, 0) is 15.4 Å². The van der Waals surface area contributed by atoms with E-state index in [0.29, 0.717) is 18.4 Å². The van der Waals surface area contributed by atoms with Crippen molar-refractivity contribution in [3.63, 3.8) is 0 Å². The maximum absolute atomic E-state index is 12.3. The molecule has 134 valence electrons. The Morgan fingerprint density at radius 1 is 1.12 bits per heavy atom. The van der Waals surface area contributed by atoms with Crippen LogP contribution in [0.1, 0.15) is 37.7 Å². The molecule has 24 heavy (non-hydrogen) atoms. The van der Waals surface area contributed by atoms with E-state index in [2.05, 4.69) is 4.74 Å². The average Bonchev–Trinajstić information content (AvgIpc) is 2.47. The lowest BCUT2D eigenvalue weighted by Gasteiger charge is -2.44. The lowest BCUT2D eigenvalue weighted by atomic mass is 9.80. The first-order valence-corrected chi connectivity index (χ1v) is 9.46. The number of halogens is 3. The number of hydrogen-bond acceptors (Lipinski definition) is 4. The Kier molecular flexibility index (Phi) is 4.32. The van der Waals surface area contributed by atoms with E-state index >= 15 is 0 Å². The van der Waals surface area contributed by atoms with Gasteiger partial charge in [-0.25, -0.2) is 8.42 Å². The first-order chi connectivity index (χ1) is 11.1. The van der Waals surface area contributed by atoms with Gasteiger partial charge in [-0.3, -0.25) is 0 Å². The van der Waals surface area contributed by atoms with Gasteiger partial charge >= 0.3 is 6.18 Å². The maximum atomic E-state index is 12.3. The van der Waals surface area contributed by atoms with Gasteiger partial charge in [0, 0.05) is 0 Å². The van der Waals surface area contributed by atoms with E-state index in [1.807, 2.05) is 0 Å². The van der Waals surface area contributed by atoms with Crippen LogP contribution in [0.3, 0.4) is 0 Å². The molecule has 2 aliphatic heterocycles. The van der Waals surface area contributed by atoms with Gasteiger partial charge in [0.25, 0.3) is 0 Å². The van der Waals surface area contributed by atoms with Gasteiger partial charge in [0.15, 0.2) is 16.4 Å². The molecule has 0 saturated carbocycles. The molecule has 2 saturated heterocycles. The van der Waals surface area contributed by atoms with Crippen molar-refractivity contribution in [2.75, 3.05) is 6.61 Å². The lowest BCUT2D eigenvalue weighted by Crippen LogP contribution is -2.50. The molecule has 0 amide bonds. The molecule has 0 aliphatic carbocycles. The molecule has 4 nitrogen and oxygen atoms in total. The maximum Gasteiger partial charge on any atom is 0.422 e. The summed E-state index contributed by atoms with van der Waals surface area (Å²) in [6.07, 6.45) is -2.20. The Morgan fingerprint density at radius 2 is 1.67 bits per heavy atom. The van der Waals surface area contributed by atoms with E-state index in [4.69, 9.17) is 0 Å². The van der Waals surface area contributed by atoms with Gasteiger partial charge < -0.3 is 9.84 Å². The molecular weight excluding hydrogens is 345 g/mol. The minimum atomic E-state index is -4.41. The summed E-state index contributed by atoms with van der Waals surface area (Å²) in [5.41, 5.74) is -0.738. The quantitative estimate of drug-likeness (QED) is 0.896. The highest BCUT2D eigenvalue weighted by Gasteiger charge is 2.50. The predicted octanol–water partition coefficient (Wildman–Crippen LogP) is 2.95. The molecule has 2 unspecified atom stereocenters. The molecule has 2 heterocycles. The third-order valence-electron chi connectivity index (χ3n) is 4.91. The number of aliphatic hydroxyl groups is 1. The average molecular weight is 364 g/mol. The summed E-state index contributed by atoms with van der Waals surface area (Å²) in [4.78, 5) is 0. The fraction of sp³-hybridized carbons (Fsp3) is 0.625. The molecule has 2 fully saturated rings. The Morgan fingerprint density at radius 3 is 2.17 bits per heavy atom. The van der Waals surface area contributed by atoms with Gasteiger partial charge in [-0.1, -0.05) is 18.6 Å². The minimum Gasteiger partial charge on any atom is -0.484 e. The zero-order chi connectivity index (χ0) is 17.6. The number of ether oxygens (including phenoxy) is 1. The number of alkyl halides is 3. The summed E-state index contributed by atoms with van der Waals surface area (Å²) in [6, 6.07) is 5.77. The Balaban J connectivity index is 1.77. The monoisotopic (exact) mass is 364 g/mol. The summed E-state index contributed by atoms with van der Waals surface area (Å²) >= 11 is 0. The number of rotatable bonds is 3. The van der Waals surface area contributed by atoms with Gasteiger partial charge in [-0.15, -0.1) is 0 Å². The van der Waals surface area contributed by atoms with Crippen molar-refractivity contribution >= 4 is 9.84 Å². The van der Waals surface area contributed by atoms with Crippen molar-refractivity contribution in [2.24, 2.45) is 0 Å². The molecule has 3 rings (SSSR count). The first-order valence-electron chi connectivity index (χ1n) is 7.85. The SMILES string of the molecule is O=S1(=O)C2CCCC1CC(O)(c1ccc(OCC(F)(F)F)cc1)C2. The van der Waals surface area contributed by atoms with Gasteiger partial charge in [0.2, 0.25) is 0 Å². The van der Waals surface area contributed by atoms with Crippen LogP contribution < -0.4 is 4.74 Å². The van der Waals surface area contributed by atoms with Crippen LogP contribution in [0.15, 0.2) is 24.3 Å². The van der Waals surface area contributed by atoms with Crippen molar-refractivity contribution in [1.82, 2.24) is 0 Å². The van der Waals surface area contributed by atoms with Crippen LogP contribution in [0, 0.1) is 0 Å². The zero-order valence-electron chi connectivity index (χ0n) is 12.9. The van der Waals surface area contributed by atoms with Crippen LogP contribution in [0.5, 0.6) is 5.75 Å². The second-order valence-corrected chi connectivity index (χ2v) is 9.14. The molecule has 1 aromatic rings. The van der Waals surface area contributed by atoms with Gasteiger partial charge in [0.1, 0.15) is 5.75 Å². The van der Waals surface area contributed by atoms with E-state index in [1.165, 1.54) is 24.3 Å². The highest BCUT2D eigenvalue weighted by molar-refractivity contribution is 7.92. The number of hydrogen-bond donors (Lipinski definition) is 1. The number of benzene rings is 1. The fourth-order valence-electron chi connectivity index (χ4n) is 3.71. The highest BCUT2D eigenvalue weighted by atomic mass is 32.2. The van der Waals surface area contributed by atoms with Crippen LogP contribution >= 0.6 is 0 Å².